The molecule has 29 heavy (non-hydrogen) atoms. The summed E-state index contributed by atoms with van der Waals surface area (Å²) in [7, 11) is -3.72. The number of benzene rings is 1. The van der Waals surface area contributed by atoms with E-state index in [4.69, 9.17) is 16.1 Å². The van der Waals surface area contributed by atoms with Crippen LogP contribution in [0.5, 0.6) is 0 Å². The van der Waals surface area contributed by atoms with Gasteiger partial charge in [-0.15, -0.1) is 0 Å². The van der Waals surface area contributed by atoms with E-state index in [-0.39, 0.29) is 37.0 Å². The molecule has 0 aliphatic carbocycles. The van der Waals surface area contributed by atoms with Gasteiger partial charge in [0.05, 0.1) is 12.3 Å². The number of sulfonamides is 1. The van der Waals surface area contributed by atoms with Gasteiger partial charge in [0, 0.05) is 29.5 Å². The molecule has 1 atom stereocenters. The summed E-state index contributed by atoms with van der Waals surface area (Å²) in [6, 6.07) is 9.98. The molecule has 3 aromatic rings. The van der Waals surface area contributed by atoms with Gasteiger partial charge in [0.25, 0.3) is 5.89 Å². The molecule has 0 bridgehead atoms. The largest absolute Gasteiger partial charge is 0.335 e. The molecule has 2 aromatic heterocycles. The van der Waals surface area contributed by atoms with Crippen molar-refractivity contribution < 1.29 is 17.3 Å². The van der Waals surface area contributed by atoms with Crippen LogP contribution in [-0.2, 0) is 21.4 Å². The quantitative estimate of drug-likeness (QED) is 0.607. The second-order valence-electron chi connectivity index (χ2n) is 6.95. The maximum absolute atomic E-state index is 15.7. The Hall–Kier alpha value is -2.36. The lowest BCUT2D eigenvalue weighted by Gasteiger charge is -2.34. The van der Waals surface area contributed by atoms with Crippen molar-refractivity contribution in [1.29, 1.82) is 0 Å². The van der Waals surface area contributed by atoms with Gasteiger partial charge in [0.1, 0.15) is 0 Å². The van der Waals surface area contributed by atoms with Crippen LogP contribution in [0.2, 0.25) is 5.02 Å². The van der Waals surface area contributed by atoms with Crippen molar-refractivity contribution >= 4 is 21.6 Å². The molecule has 0 N–H and O–H groups in total. The van der Waals surface area contributed by atoms with Gasteiger partial charge in [0.15, 0.2) is 0 Å². The molecule has 10 heteroatoms. The van der Waals surface area contributed by atoms with E-state index in [1.165, 1.54) is 0 Å². The van der Waals surface area contributed by atoms with E-state index in [1.807, 2.05) is 0 Å². The summed E-state index contributed by atoms with van der Waals surface area (Å²) in [6.45, 7) is -0.122. The number of hydrogen-bond acceptors (Lipinski definition) is 6. The lowest BCUT2D eigenvalue weighted by atomic mass is 9.96. The minimum atomic E-state index is -3.72. The van der Waals surface area contributed by atoms with E-state index in [9.17, 15) is 8.42 Å². The van der Waals surface area contributed by atoms with Crippen molar-refractivity contribution in [2.24, 2.45) is 0 Å². The Labute approximate surface area is 172 Å². The highest BCUT2D eigenvalue weighted by Gasteiger charge is 2.45. The van der Waals surface area contributed by atoms with E-state index in [2.05, 4.69) is 15.1 Å². The monoisotopic (exact) mass is 436 g/mol. The predicted octanol–water partition coefficient (Wildman–Crippen LogP) is 3.58. The van der Waals surface area contributed by atoms with Crippen molar-refractivity contribution in [2.75, 3.05) is 13.1 Å². The first-order chi connectivity index (χ1) is 13.9. The zero-order valence-electron chi connectivity index (χ0n) is 15.3. The highest BCUT2D eigenvalue weighted by molar-refractivity contribution is 7.88. The summed E-state index contributed by atoms with van der Waals surface area (Å²) in [6.07, 6.45) is 3.60. The fourth-order valence-corrected chi connectivity index (χ4v) is 5.02. The van der Waals surface area contributed by atoms with Crippen LogP contribution in [0.1, 0.15) is 24.3 Å². The van der Waals surface area contributed by atoms with Crippen molar-refractivity contribution in [1.82, 2.24) is 19.4 Å². The zero-order chi connectivity index (χ0) is 20.5. The third-order valence-corrected chi connectivity index (χ3v) is 6.84. The maximum Gasteiger partial charge on any atom is 0.266 e. The highest BCUT2D eigenvalue weighted by atomic mass is 35.5. The van der Waals surface area contributed by atoms with Crippen LogP contribution in [0.25, 0.3) is 11.4 Å². The Bertz CT molecular complexity index is 1090. The van der Waals surface area contributed by atoms with Crippen molar-refractivity contribution in [3.8, 4) is 11.4 Å². The number of piperidine rings is 1. The fraction of sp³-hybridized carbons (Fsp3) is 0.316. The van der Waals surface area contributed by atoms with Crippen molar-refractivity contribution in [3.63, 3.8) is 0 Å². The molecule has 1 saturated heterocycles. The predicted molar refractivity (Wildman–Crippen MR) is 105 cm³/mol. The van der Waals surface area contributed by atoms with Crippen LogP contribution in [0, 0.1) is 0 Å². The van der Waals surface area contributed by atoms with Crippen molar-refractivity contribution in [2.45, 2.75) is 24.3 Å². The first kappa shape index (κ1) is 19.9. The molecule has 1 aliphatic heterocycles. The maximum atomic E-state index is 15.7. The van der Waals surface area contributed by atoms with Gasteiger partial charge in [-0.2, -0.15) is 9.29 Å². The SMILES string of the molecule is O=S(=O)(Cc1ccc(Cl)cc1)N1CCCC(F)(c2nc(-c3cccnc3)no2)C1. The van der Waals surface area contributed by atoms with Gasteiger partial charge >= 0.3 is 0 Å². The smallest absolute Gasteiger partial charge is 0.266 e. The first-order valence-electron chi connectivity index (χ1n) is 9.01. The number of hydrogen-bond donors (Lipinski definition) is 0. The number of pyridine rings is 1. The van der Waals surface area contributed by atoms with Crippen LogP contribution < -0.4 is 0 Å². The molecule has 0 saturated carbocycles. The van der Waals surface area contributed by atoms with Crippen LogP contribution in [-0.4, -0.2) is 40.9 Å². The van der Waals surface area contributed by atoms with Gasteiger partial charge in [-0.25, -0.2) is 12.8 Å². The van der Waals surface area contributed by atoms with Gasteiger partial charge in [-0.1, -0.05) is 28.9 Å². The molecule has 1 aliphatic rings. The van der Waals surface area contributed by atoms with Gasteiger partial charge in [0.2, 0.25) is 21.5 Å². The second-order valence-corrected chi connectivity index (χ2v) is 9.36. The molecular formula is C19H18ClFN4O3S. The normalized spacial score (nSPS) is 20.6. The standard InChI is InChI=1S/C19H18ClFN4O3S/c20-16-6-4-14(5-7-16)12-29(26,27)25-10-2-8-19(21,13-25)18-23-17(24-28-18)15-3-1-9-22-11-15/h1,3-7,9,11H,2,8,10,12-13H2. The molecule has 152 valence electrons. The molecule has 4 rings (SSSR count). The summed E-state index contributed by atoms with van der Waals surface area (Å²) < 4.78 is 47.7. The molecular weight excluding hydrogens is 419 g/mol. The molecule has 1 aromatic carbocycles. The van der Waals surface area contributed by atoms with E-state index >= 15 is 4.39 Å². The number of rotatable bonds is 5. The summed E-state index contributed by atoms with van der Waals surface area (Å²) in [5.41, 5.74) is -0.867. The summed E-state index contributed by atoms with van der Waals surface area (Å²) in [5.74, 6) is -0.237. The van der Waals surface area contributed by atoms with E-state index in [1.54, 1.807) is 48.8 Å². The number of halogens is 2. The summed E-state index contributed by atoms with van der Waals surface area (Å²) in [4.78, 5) is 8.14. The van der Waals surface area contributed by atoms with Crippen LogP contribution in [0.15, 0.2) is 53.3 Å². The molecule has 3 heterocycles. The highest BCUT2D eigenvalue weighted by Crippen LogP contribution is 2.36. The number of alkyl halides is 1. The number of aromatic nitrogens is 3. The van der Waals surface area contributed by atoms with E-state index < -0.39 is 15.7 Å². The topological polar surface area (TPSA) is 89.2 Å². The first-order valence-corrected chi connectivity index (χ1v) is 11.0. The lowest BCUT2D eigenvalue weighted by Crippen LogP contribution is -2.46. The Morgan fingerprint density at radius 1 is 1.24 bits per heavy atom. The van der Waals surface area contributed by atoms with E-state index in [0.717, 1.165) is 4.31 Å². The Morgan fingerprint density at radius 3 is 2.76 bits per heavy atom. The van der Waals surface area contributed by atoms with Gasteiger partial charge in [-0.05, 0) is 42.7 Å². The minimum absolute atomic E-state index is 0.106. The van der Waals surface area contributed by atoms with Crippen LogP contribution in [0.4, 0.5) is 4.39 Å². The lowest BCUT2D eigenvalue weighted by molar-refractivity contribution is 0.0469. The van der Waals surface area contributed by atoms with Gasteiger partial charge in [-0.3, -0.25) is 4.98 Å². The molecule has 0 spiro atoms. The van der Waals surface area contributed by atoms with E-state index in [0.29, 0.717) is 22.6 Å². The van der Waals surface area contributed by atoms with Crippen LogP contribution in [0.3, 0.4) is 0 Å². The van der Waals surface area contributed by atoms with Crippen LogP contribution >= 0.6 is 11.6 Å². The molecule has 1 unspecified atom stereocenters. The Morgan fingerprint density at radius 2 is 2.03 bits per heavy atom. The van der Waals surface area contributed by atoms with Gasteiger partial charge < -0.3 is 4.52 Å². The average molecular weight is 437 g/mol. The second kappa shape index (κ2) is 7.81. The Kier molecular flexibility index (Phi) is 5.37. The summed E-state index contributed by atoms with van der Waals surface area (Å²) in [5, 5.41) is 4.34. The molecule has 1 fully saturated rings. The molecule has 0 radical (unpaired) electrons. The minimum Gasteiger partial charge on any atom is -0.335 e. The fourth-order valence-electron chi connectivity index (χ4n) is 3.29. The van der Waals surface area contributed by atoms with Crippen molar-refractivity contribution in [3.05, 3.63) is 65.3 Å². The third kappa shape index (κ3) is 4.31. The third-order valence-electron chi connectivity index (χ3n) is 4.79. The zero-order valence-corrected chi connectivity index (χ0v) is 16.9. The average Bonchev–Trinajstić information content (AvgIpc) is 3.22. The number of nitrogens with zero attached hydrogens (tertiary/aromatic N) is 4. The summed E-state index contributed by atoms with van der Waals surface area (Å²) >= 11 is 5.85. The molecule has 7 nitrogen and oxygen atoms in total. The Balaban J connectivity index is 1.54. The molecule has 0 amide bonds.